The zero-order valence-electron chi connectivity index (χ0n) is 47.4. The normalized spacial score (nSPS) is 11.6. The highest BCUT2D eigenvalue weighted by atomic mass is 14.2. The molecule has 0 aliphatic rings. The van der Waals surface area contributed by atoms with Crippen molar-refractivity contribution in [2.24, 2.45) is 0 Å². The molecule has 0 spiro atoms. The second-order valence-corrected chi connectivity index (χ2v) is 22.3. The lowest BCUT2D eigenvalue weighted by molar-refractivity contribution is 1.47. The Morgan fingerprint density at radius 1 is 0.244 bits per heavy atom. The van der Waals surface area contributed by atoms with Crippen LogP contribution in [0.1, 0.15) is 18.6 Å². The Hall–Kier alpha value is -10.9. The van der Waals surface area contributed by atoms with Gasteiger partial charge in [-0.15, -0.1) is 0 Å². The summed E-state index contributed by atoms with van der Waals surface area (Å²) in [4.78, 5) is 0. The van der Waals surface area contributed by atoms with E-state index in [0.29, 0.717) is 0 Å². The molecule has 406 valence electrons. The van der Waals surface area contributed by atoms with Crippen molar-refractivity contribution in [2.45, 2.75) is 14.4 Å². The van der Waals surface area contributed by atoms with E-state index in [1.54, 1.807) is 0 Å². The van der Waals surface area contributed by atoms with Crippen LogP contribution in [0.3, 0.4) is 0 Å². The zero-order chi connectivity index (χ0) is 57.0. The molecule has 0 heteroatoms. The monoisotopic (exact) mass is 1090 g/mol. The third kappa shape index (κ3) is 9.12. The Labute approximate surface area is 504 Å². The highest BCUT2D eigenvalue weighted by Gasteiger charge is 2.21. The molecule has 86 heavy (non-hydrogen) atoms. The fourth-order valence-electron chi connectivity index (χ4n) is 13.6. The van der Waals surface area contributed by atoms with E-state index in [9.17, 15) is 0 Å². The van der Waals surface area contributed by atoms with Gasteiger partial charge in [-0.1, -0.05) is 317 Å². The van der Waals surface area contributed by atoms with E-state index < -0.39 is 0 Å². The highest BCUT2D eigenvalue weighted by molar-refractivity contribution is 6.23. The second kappa shape index (κ2) is 22.3. The second-order valence-electron chi connectivity index (χ2n) is 22.3. The first-order valence-corrected chi connectivity index (χ1v) is 29.4. The first-order chi connectivity index (χ1) is 42.0. The molecule has 15 aromatic rings. The molecule has 15 aromatic carbocycles. The SMILES string of the molecule is C.C=C/C=C(\C=C)c1c2ccccc2c(-c2ccc(-c3cc(-c4ccc(-c5c6ccccc6c(-c6ccccc6)c6ccccc56)cc4)cc(-c4ccc(-c5c6ccccc6c(-c6ccc(C)cc6)c6ccccc56)cc4)c3)cc2)c2ccccc12. The van der Waals surface area contributed by atoms with Crippen molar-refractivity contribution in [1.29, 1.82) is 0 Å². The third-order valence-corrected chi connectivity index (χ3v) is 17.5. The lowest BCUT2D eigenvalue weighted by atomic mass is 9.85. The van der Waals surface area contributed by atoms with Crippen molar-refractivity contribution in [1.82, 2.24) is 0 Å². The van der Waals surface area contributed by atoms with E-state index in [1.165, 1.54) is 131 Å². The number of allylic oxidation sites excluding steroid dienone is 4. The summed E-state index contributed by atoms with van der Waals surface area (Å²) < 4.78 is 0. The van der Waals surface area contributed by atoms with E-state index in [4.69, 9.17) is 0 Å². The van der Waals surface area contributed by atoms with Gasteiger partial charge in [-0.05, 0) is 190 Å². The van der Waals surface area contributed by atoms with Crippen molar-refractivity contribution >= 4 is 70.2 Å². The molecule has 0 amide bonds. The topological polar surface area (TPSA) is 0 Å². The highest BCUT2D eigenvalue weighted by Crippen LogP contribution is 2.48. The molecule has 0 aliphatic carbocycles. The fraction of sp³-hybridized carbons (Fsp3) is 0.0233. The molecule has 0 saturated heterocycles. The predicted molar refractivity (Wildman–Crippen MR) is 375 cm³/mol. The maximum atomic E-state index is 4.22. The maximum absolute atomic E-state index is 4.22. The molecule has 0 fully saturated rings. The summed E-state index contributed by atoms with van der Waals surface area (Å²) in [5.41, 5.74) is 22.7. The van der Waals surface area contributed by atoms with Gasteiger partial charge in [0.2, 0.25) is 0 Å². The molecule has 0 radical (unpaired) electrons. The molecule has 0 unspecified atom stereocenters. The number of aryl methyl sites for hydroxylation is 1. The average molecular weight is 1100 g/mol. The largest absolute Gasteiger partial charge is 0.0990 e. The summed E-state index contributed by atoms with van der Waals surface area (Å²) in [5, 5.41) is 14.8. The van der Waals surface area contributed by atoms with Crippen LogP contribution in [-0.2, 0) is 0 Å². The number of hydrogen-bond acceptors (Lipinski definition) is 0. The number of benzene rings is 15. The van der Waals surface area contributed by atoms with Crippen LogP contribution in [0, 0.1) is 6.92 Å². The minimum Gasteiger partial charge on any atom is -0.0990 e. The van der Waals surface area contributed by atoms with Crippen LogP contribution in [-0.4, -0.2) is 0 Å². The Balaban J connectivity index is 0.00000653. The first-order valence-electron chi connectivity index (χ1n) is 29.4. The van der Waals surface area contributed by atoms with Gasteiger partial charge in [0.1, 0.15) is 0 Å². The maximum Gasteiger partial charge on any atom is -0.00264 e. The average Bonchev–Trinajstić information content (AvgIpc) is 0.857. The van der Waals surface area contributed by atoms with Gasteiger partial charge in [0, 0.05) is 0 Å². The number of hydrogen-bond donors (Lipinski definition) is 0. The third-order valence-electron chi connectivity index (χ3n) is 17.5. The van der Waals surface area contributed by atoms with Crippen molar-refractivity contribution in [2.75, 3.05) is 0 Å². The van der Waals surface area contributed by atoms with Crippen LogP contribution >= 0.6 is 0 Å². The fourth-order valence-corrected chi connectivity index (χ4v) is 13.6. The molecular formula is C86H62. The molecule has 0 saturated carbocycles. The smallest absolute Gasteiger partial charge is 0.00264 e. The van der Waals surface area contributed by atoms with Crippen molar-refractivity contribution in [3.8, 4) is 89.0 Å². The Bertz CT molecular complexity index is 4980. The lowest BCUT2D eigenvalue weighted by Gasteiger charge is -2.19. The van der Waals surface area contributed by atoms with Crippen molar-refractivity contribution in [3.05, 3.63) is 334 Å². The van der Waals surface area contributed by atoms with E-state index in [1.807, 2.05) is 12.2 Å². The summed E-state index contributed by atoms with van der Waals surface area (Å²) in [5.74, 6) is 0. The summed E-state index contributed by atoms with van der Waals surface area (Å²) >= 11 is 0. The van der Waals surface area contributed by atoms with Gasteiger partial charge in [0.05, 0.1) is 0 Å². The standard InChI is InChI=1S/C85H58.CH4/c1-4-21-56(5-2)80-68-24-9-11-26-70(68)83(71-27-12-10-25-69(71)80)62-46-40-57(41-47-62)65-52-66(58-42-48-63(49-43-58)84-74-30-15-13-28-72(74)81(60-22-7-6-8-23-60)73-29-14-16-31-75(73)84)54-67(53-65)59-44-50-64(51-45-59)85-78-34-19-17-32-76(78)82(61-38-36-55(3)37-39-61)77-33-18-20-35-79(77)85;/h4-54H,1-2H2,3H3;1H4/b56-21+;. The van der Waals surface area contributed by atoms with E-state index in [2.05, 4.69) is 317 Å². The van der Waals surface area contributed by atoms with Crippen LogP contribution < -0.4 is 0 Å². The zero-order valence-corrected chi connectivity index (χ0v) is 47.4. The van der Waals surface area contributed by atoms with Crippen LogP contribution in [0.2, 0.25) is 0 Å². The van der Waals surface area contributed by atoms with Crippen molar-refractivity contribution < 1.29 is 0 Å². The quantitative estimate of drug-likeness (QED) is 0.0894. The molecule has 0 N–H and O–H groups in total. The summed E-state index contributed by atoms with van der Waals surface area (Å²) in [6.07, 6.45) is 5.85. The van der Waals surface area contributed by atoms with E-state index in [0.717, 1.165) is 39.0 Å². The summed E-state index contributed by atoms with van der Waals surface area (Å²) in [7, 11) is 0. The van der Waals surface area contributed by atoms with Crippen LogP contribution in [0.25, 0.3) is 159 Å². The van der Waals surface area contributed by atoms with Gasteiger partial charge >= 0.3 is 0 Å². The molecule has 0 aliphatic heterocycles. The van der Waals surface area contributed by atoms with Gasteiger partial charge in [-0.2, -0.15) is 0 Å². The molecule has 0 atom stereocenters. The first kappa shape index (κ1) is 53.1. The number of fused-ring (bicyclic) bond motifs is 6. The minimum absolute atomic E-state index is 0. The molecular weight excluding hydrogens is 1030 g/mol. The van der Waals surface area contributed by atoms with Gasteiger partial charge < -0.3 is 0 Å². The Morgan fingerprint density at radius 3 is 0.733 bits per heavy atom. The lowest BCUT2D eigenvalue weighted by Crippen LogP contribution is -1.93. The molecule has 15 rings (SSSR count). The Kier molecular flexibility index (Phi) is 13.8. The van der Waals surface area contributed by atoms with Crippen LogP contribution in [0.5, 0.6) is 0 Å². The number of rotatable bonds is 11. The van der Waals surface area contributed by atoms with Crippen LogP contribution in [0.15, 0.2) is 323 Å². The van der Waals surface area contributed by atoms with Gasteiger partial charge in [0.15, 0.2) is 0 Å². The van der Waals surface area contributed by atoms with Gasteiger partial charge in [0.25, 0.3) is 0 Å². The van der Waals surface area contributed by atoms with Gasteiger partial charge in [-0.3, -0.25) is 0 Å². The summed E-state index contributed by atoms with van der Waals surface area (Å²) in [6.45, 7) is 10.4. The van der Waals surface area contributed by atoms with Crippen LogP contribution in [0.4, 0.5) is 0 Å². The predicted octanol–water partition coefficient (Wildman–Crippen LogP) is 24.6. The van der Waals surface area contributed by atoms with Gasteiger partial charge in [-0.25, -0.2) is 0 Å². The van der Waals surface area contributed by atoms with Crippen molar-refractivity contribution in [3.63, 3.8) is 0 Å². The minimum atomic E-state index is 0. The van der Waals surface area contributed by atoms with E-state index in [-0.39, 0.29) is 7.43 Å². The Morgan fingerprint density at radius 2 is 0.465 bits per heavy atom. The molecule has 0 bridgehead atoms. The van der Waals surface area contributed by atoms with E-state index >= 15 is 0 Å². The molecule has 0 nitrogen and oxygen atoms in total. The molecule has 0 heterocycles. The summed E-state index contributed by atoms with van der Waals surface area (Å²) in [6, 6.07) is 108. The molecule has 0 aromatic heterocycles.